The van der Waals surface area contributed by atoms with E-state index in [0.717, 1.165) is 33.5 Å². The van der Waals surface area contributed by atoms with Gasteiger partial charge < -0.3 is 5.11 Å². The zero-order valence-electron chi connectivity index (χ0n) is 15.4. The van der Waals surface area contributed by atoms with Crippen LogP contribution in [0.5, 0.6) is 0 Å². The van der Waals surface area contributed by atoms with E-state index >= 15 is 0 Å². The standard InChI is InChI=1S/C26H21NO/c28-26(23-16-8-7-15-22(23)25-17-9-10-18-27-25)24(21-13-5-2-6-14-21)19-20-11-3-1-4-12-20/h1-19,26,28H/b24-19+. The molecule has 28 heavy (non-hydrogen) atoms. The second kappa shape index (κ2) is 8.47. The maximum absolute atomic E-state index is 11.4. The molecular formula is C26H21NO. The van der Waals surface area contributed by atoms with Crippen LogP contribution in [0.3, 0.4) is 0 Å². The summed E-state index contributed by atoms with van der Waals surface area (Å²) in [6.45, 7) is 0. The van der Waals surface area contributed by atoms with E-state index in [2.05, 4.69) is 11.1 Å². The zero-order chi connectivity index (χ0) is 19.2. The fourth-order valence-electron chi connectivity index (χ4n) is 3.34. The highest BCUT2D eigenvalue weighted by atomic mass is 16.3. The van der Waals surface area contributed by atoms with Crippen LogP contribution in [-0.4, -0.2) is 10.1 Å². The summed E-state index contributed by atoms with van der Waals surface area (Å²) in [4.78, 5) is 4.48. The molecule has 1 heterocycles. The van der Waals surface area contributed by atoms with Crippen LogP contribution in [0.4, 0.5) is 0 Å². The molecule has 0 amide bonds. The van der Waals surface area contributed by atoms with Crippen LogP contribution in [0.1, 0.15) is 22.8 Å². The summed E-state index contributed by atoms with van der Waals surface area (Å²) in [7, 11) is 0. The Kier molecular flexibility index (Phi) is 5.41. The minimum absolute atomic E-state index is 0.777. The van der Waals surface area contributed by atoms with Gasteiger partial charge in [-0.2, -0.15) is 0 Å². The molecule has 0 aliphatic heterocycles. The van der Waals surface area contributed by atoms with E-state index in [-0.39, 0.29) is 0 Å². The van der Waals surface area contributed by atoms with Crippen LogP contribution < -0.4 is 0 Å². The van der Waals surface area contributed by atoms with Gasteiger partial charge in [0.15, 0.2) is 0 Å². The van der Waals surface area contributed by atoms with E-state index in [1.807, 2.05) is 103 Å². The summed E-state index contributed by atoms with van der Waals surface area (Å²) >= 11 is 0. The Morgan fingerprint density at radius 2 is 1.36 bits per heavy atom. The van der Waals surface area contributed by atoms with E-state index in [1.165, 1.54) is 0 Å². The second-order valence-corrected chi connectivity index (χ2v) is 6.58. The number of pyridine rings is 1. The highest BCUT2D eigenvalue weighted by molar-refractivity contribution is 5.85. The molecule has 1 aromatic heterocycles. The third-order valence-electron chi connectivity index (χ3n) is 4.72. The molecule has 2 heteroatoms. The fraction of sp³-hybridized carbons (Fsp3) is 0.0385. The van der Waals surface area contributed by atoms with Crippen LogP contribution in [0.15, 0.2) is 109 Å². The molecular weight excluding hydrogens is 342 g/mol. The number of hydrogen-bond acceptors (Lipinski definition) is 2. The minimum atomic E-state index is -0.777. The van der Waals surface area contributed by atoms with Crippen LogP contribution in [0.25, 0.3) is 22.9 Å². The van der Waals surface area contributed by atoms with Gasteiger partial charge in [0.2, 0.25) is 0 Å². The molecule has 0 spiro atoms. The van der Waals surface area contributed by atoms with Gasteiger partial charge in [0, 0.05) is 11.8 Å². The first-order valence-corrected chi connectivity index (χ1v) is 9.33. The van der Waals surface area contributed by atoms with Gasteiger partial charge in [-0.05, 0) is 40.5 Å². The van der Waals surface area contributed by atoms with Crippen molar-refractivity contribution in [3.8, 4) is 11.3 Å². The zero-order valence-corrected chi connectivity index (χ0v) is 15.4. The van der Waals surface area contributed by atoms with Crippen LogP contribution in [0, 0.1) is 0 Å². The van der Waals surface area contributed by atoms with Crippen molar-refractivity contribution in [1.82, 2.24) is 4.98 Å². The smallest absolute Gasteiger partial charge is 0.105 e. The molecule has 0 saturated heterocycles. The Bertz CT molecular complexity index is 1060. The topological polar surface area (TPSA) is 33.1 Å². The Hall–Kier alpha value is -3.49. The molecule has 0 aliphatic carbocycles. The van der Waals surface area contributed by atoms with E-state index in [0.29, 0.717) is 0 Å². The lowest BCUT2D eigenvalue weighted by atomic mass is 9.90. The predicted octanol–water partition coefficient (Wildman–Crippen LogP) is 6.02. The normalized spacial score (nSPS) is 12.5. The number of aromatic nitrogens is 1. The summed E-state index contributed by atoms with van der Waals surface area (Å²) in [6.07, 6.45) is 3.05. The van der Waals surface area contributed by atoms with Crippen LogP contribution in [-0.2, 0) is 0 Å². The molecule has 4 rings (SSSR count). The van der Waals surface area contributed by atoms with Crippen LogP contribution in [0.2, 0.25) is 0 Å². The largest absolute Gasteiger partial charge is 0.384 e. The first kappa shape index (κ1) is 17.9. The van der Waals surface area contributed by atoms with E-state index < -0.39 is 6.10 Å². The monoisotopic (exact) mass is 363 g/mol. The predicted molar refractivity (Wildman–Crippen MR) is 115 cm³/mol. The Morgan fingerprint density at radius 3 is 2.07 bits per heavy atom. The number of aliphatic hydroxyl groups is 1. The van der Waals surface area contributed by atoms with Crippen molar-refractivity contribution in [2.45, 2.75) is 6.10 Å². The molecule has 0 radical (unpaired) electrons. The van der Waals surface area contributed by atoms with E-state index in [1.54, 1.807) is 6.20 Å². The van der Waals surface area contributed by atoms with Gasteiger partial charge in [-0.15, -0.1) is 0 Å². The van der Waals surface area contributed by atoms with Gasteiger partial charge in [0.1, 0.15) is 6.10 Å². The second-order valence-electron chi connectivity index (χ2n) is 6.58. The molecule has 1 atom stereocenters. The lowest BCUT2D eigenvalue weighted by Crippen LogP contribution is -2.04. The number of benzene rings is 3. The maximum atomic E-state index is 11.4. The molecule has 0 saturated carbocycles. The molecule has 136 valence electrons. The third-order valence-corrected chi connectivity index (χ3v) is 4.72. The highest BCUT2D eigenvalue weighted by Gasteiger charge is 2.19. The van der Waals surface area contributed by atoms with Gasteiger partial charge in [0.05, 0.1) is 5.69 Å². The number of hydrogen-bond donors (Lipinski definition) is 1. The third kappa shape index (κ3) is 3.93. The summed E-state index contributed by atoms with van der Waals surface area (Å²) in [5.41, 5.74) is 5.53. The molecule has 3 aromatic carbocycles. The van der Waals surface area contributed by atoms with Crippen LogP contribution >= 0.6 is 0 Å². The molecule has 1 unspecified atom stereocenters. The molecule has 0 fully saturated rings. The van der Waals surface area contributed by atoms with Gasteiger partial charge in [-0.25, -0.2) is 0 Å². The summed E-state index contributed by atoms with van der Waals surface area (Å²) in [5.74, 6) is 0. The summed E-state index contributed by atoms with van der Waals surface area (Å²) < 4.78 is 0. The average molecular weight is 363 g/mol. The van der Waals surface area contributed by atoms with Crippen molar-refractivity contribution in [2.24, 2.45) is 0 Å². The van der Waals surface area contributed by atoms with Crippen molar-refractivity contribution >= 4 is 11.6 Å². The van der Waals surface area contributed by atoms with Gasteiger partial charge >= 0.3 is 0 Å². The first-order chi connectivity index (χ1) is 13.8. The fourth-order valence-corrected chi connectivity index (χ4v) is 3.34. The molecule has 2 nitrogen and oxygen atoms in total. The van der Waals surface area contributed by atoms with Crippen molar-refractivity contribution in [1.29, 1.82) is 0 Å². The summed E-state index contributed by atoms with van der Waals surface area (Å²) in [6, 6.07) is 33.8. The number of rotatable bonds is 5. The Labute approximate surface area is 165 Å². The first-order valence-electron chi connectivity index (χ1n) is 9.33. The molecule has 0 bridgehead atoms. The Balaban J connectivity index is 1.84. The van der Waals surface area contributed by atoms with Crippen molar-refractivity contribution in [3.63, 3.8) is 0 Å². The van der Waals surface area contributed by atoms with E-state index in [9.17, 15) is 5.11 Å². The Morgan fingerprint density at radius 1 is 0.714 bits per heavy atom. The number of aliphatic hydroxyl groups excluding tert-OH is 1. The molecule has 4 aromatic rings. The van der Waals surface area contributed by atoms with Crippen molar-refractivity contribution in [2.75, 3.05) is 0 Å². The van der Waals surface area contributed by atoms with Gasteiger partial charge in [-0.1, -0.05) is 91.0 Å². The average Bonchev–Trinajstić information content (AvgIpc) is 2.79. The van der Waals surface area contributed by atoms with Gasteiger partial charge in [-0.3, -0.25) is 4.98 Å². The van der Waals surface area contributed by atoms with E-state index in [4.69, 9.17) is 0 Å². The lowest BCUT2D eigenvalue weighted by Gasteiger charge is -2.19. The summed E-state index contributed by atoms with van der Waals surface area (Å²) in [5, 5.41) is 11.4. The maximum Gasteiger partial charge on any atom is 0.105 e. The quantitative estimate of drug-likeness (QED) is 0.440. The van der Waals surface area contributed by atoms with Crippen molar-refractivity contribution in [3.05, 3.63) is 126 Å². The number of nitrogens with zero attached hydrogens (tertiary/aromatic N) is 1. The lowest BCUT2D eigenvalue weighted by molar-refractivity contribution is 0.239. The van der Waals surface area contributed by atoms with Gasteiger partial charge in [0.25, 0.3) is 0 Å². The van der Waals surface area contributed by atoms with Crippen molar-refractivity contribution < 1.29 is 5.11 Å². The highest BCUT2D eigenvalue weighted by Crippen LogP contribution is 2.36. The molecule has 1 N–H and O–H groups in total. The minimum Gasteiger partial charge on any atom is -0.384 e. The SMILES string of the molecule is OC(/C(=C/c1ccccc1)c1ccccc1)c1ccccc1-c1ccccn1. The molecule has 0 aliphatic rings.